The van der Waals surface area contributed by atoms with Crippen molar-refractivity contribution in [1.82, 2.24) is 19.6 Å². The first-order valence-corrected chi connectivity index (χ1v) is 10.5. The van der Waals surface area contributed by atoms with Crippen LogP contribution in [-0.2, 0) is 19.1 Å². The summed E-state index contributed by atoms with van der Waals surface area (Å²) in [5.74, 6) is 0. The van der Waals surface area contributed by atoms with E-state index in [4.69, 9.17) is 11.6 Å². The number of halogens is 4. The summed E-state index contributed by atoms with van der Waals surface area (Å²) < 4.78 is 41.8. The van der Waals surface area contributed by atoms with Crippen molar-refractivity contribution in [1.29, 1.82) is 0 Å². The van der Waals surface area contributed by atoms with Gasteiger partial charge in [0.05, 0.1) is 22.0 Å². The number of alkyl halides is 3. The maximum Gasteiger partial charge on any atom is 0.417 e. The number of aryl methyl sites for hydroxylation is 1. The van der Waals surface area contributed by atoms with Gasteiger partial charge in [-0.3, -0.25) is 4.90 Å². The largest absolute Gasteiger partial charge is 0.417 e. The average Bonchev–Trinajstić information content (AvgIpc) is 2.89. The number of nitrogens with zero attached hydrogens (tertiary/aromatic N) is 3. The standard InChI is InChI=1S/C22H24ClF3N4/c1-2-15-4-6-16(7-5-15)20-19(14-29-10-3-8-27-9-11-29)30-13-17(22(24,25)26)12-18(23)21(30)28-20/h4-7,12-13,27H,2-3,8-11,14H2,1H3. The first-order chi connectivity index (χ1) is 14.4. The minimum atomic E-state index is -4.48. The van der Waals surface area contributed by atoms with Crippen molar-refractivity contribution in [2.45, 2.75) is 32.5 Å². The van der Waals surface area contributed by atoms with Gasteiger partial charge in [-0.25, -0.2) is 4.98 Å². The SMILES string of the molecule is CCc1ccc(-c2nc3c(Cl)cc(C(F)(F)F)cn3c2CN2CCCNCC2)cc1. The highest BCUT2D eigenvalue weighted by molar-refractivity contribution is 6.33. The van der Waals surface area contributed by atoms with E-state index >= 15 is 0 Å². The molecule has 0 atom stereocenters. The summed E-state index contributed by atoms with van der Waals surface area (Å²) in [6, 6.07) is 8.97. The fraction of sp³-hybridized carbons (Fsp3) is 0.409. The molecular weight excluding hydrogens is 413 g/mol. The Morgan fingerprint density at radius 3 is 2.60 bits per heavy atom. The number of imidazole rings is 1. The Bertz CT molecular complexity index is 1020. The number of benzene rings is 1. The Labute approximate surface area is 178 Å². The highest BCUT2D eigenvalue weighted by atomic mass is 35.5. The van der Waals surface area contributed by atoms with E-state index in [9.17, 15) is 13.2 Å². The number of hydrogen-bond acceptors (Lipinski definition) is 3. The van der Waals surface area contributed by atoms with Gasteiger partial charge in [0.25, 0.3) is 0 Å². The molecule has 1 aromatic carbocycles. The van der Waals surface area contributed by atoms with Crippen LogP contribution >= 0.6 is 11.6 Å². The van der Waals surface area contributed by atoms with Crippen LogP contribution in [0, 0.1) is 0 Å². The number of fused-ring (bicyclic) bond motifs is 1. The average molecular weight is 437 g/mol. The Hall–Kier alpha value is -2.09. The van der Waals surface area contributed by atoms with E-state index in [0.29, 0.717) is 17.9 Å². The highest BCUT2D eigenvalue weighted by Crippen LogP contribution is 2.35. The van der Waals surface area contributed by atoms with E-state index < -0.39 is 11.7 Å². The topological polar surface area (TPSA) is 32.6 Å². The van der Waals surface area contributed by atoms with Crippen molar-refractivity contribution in [3.8, 4) is 11.3 Å². The van der Waals surface area contributed by atoms with Crippen LogP contribution in [0.3, 0.4) is 0 Å². The maximum atomic E-state index is 13.4. The van der Waals surface area contributed by atoms with Gasteiger partial charge < -0.3 is 9.72 Å². The molecule has 2 aromatic heterocycles. The molecule has 1 fully saturated rings. The molecule has 0 unspecified atom stereocenters. The van der Waals surface area contributed by atoms with Crippen LogP contribution in [0.15, 0.2) is 36.5 Å². The van der Waals surface area contributed by atoms with E-state index in [1.807, 2.05) is 24.3 Å². The molecule has 4 nitrogen and oxygen atoms in total. The van der Waals surface area contributed by atoms with Crippen molar-refractivity contribution < 1.29 is 13.2 Å². The normalized spacial score (nSPS) is 16.2. The van der Waals surface area contributed by atoms with E-state index in [1.165, 1.54) is 9.96 Å². The second-order valence-electron chi connectivity index (χ2n) is 7.61. The molecule has 0 radical (unpaired) electrons. The third-order valence-corrected chi connectivity index (χ3v) is 5.82. The molecule has 3 heterocycles. The molecule has 0 saturated carbocycles. The molecule has 1 aliphatic rings. The third kappa shape index (κ3) is 4.33. The molecule has 1 aliphatic heterocycles. The van der Waals surface area contributed by atoms with Gasteiger partial charge in [0.1, 0.15) is 0 Å². The van der Waals surface area contributed by atoms with Gasteiger partial charge >= 0.3 is 6.18 Å². The first kappa shape index (κ1) is 21.2. The Morgan fingerprint density at radius 1 is 1.13 bits per heavy atom. The van der Waals surface area contributed by atoms with Gasteiger partial charge in [-0.05, 0) is 37.6 Å². The smallest absolute Gasteiger partial charge is 0.315 e. The van der Waals surface area contributed by atoms with Crippen molar-refractivity contribution in [3.05, 3.63) is 58.4 Å². The lowest BCUT2D eigenvalue weighted by Gasteiger charge is -2.20. The highest BCUT2D eigenvalue weighted by Gasteiger charge is 2.32. The second-order valence-corrected chi connectivity index (χ2v) is 8.01. The van der Waals surface area contributed by atoms with Crippen molar-refractivity contribution in [2.75, 3.05) is 26.2 Å². The maximum absolute atomic E-state index is 13.4. The quantitative estimate of drug-likeness (QED) is 0.622. The number of aromatic nitrogens is 2. The summed E-state index contributed by atoms with van der Waals surface area (Å²) in [6.45, 7) is 6.09. The van der Waals surface area contributed by atoms with Crippen LogP contribution in [0.5, 0.6) is 0 Å². The van der Waals surface area contributed by atoms with Crippen molar-refractivity contribution in [2.24, 2.45) is 0 Å². The lowest BCUT2D eigenvalue weighted by Crippen LogP contribution is -2.28. The monoisotopic (exact) mass is 436 g/mol. The summed E-state index contributed by atoms with van der Waals surface area (Å²) in [5.41, 5.74) is 3.05. The zero-order chi connectivity index (χ0) is 21.3. The summed E-state index contributed by atoms with van der Waals surface area (Å²) in [7, 11) is 0. The molecule has 1 N–H and O–H groups in total. The summed E-state index contributed by atoms with van der Waals surface area (Å²) in [4.78, 5) is 6.92. The molecule has 0 amide bonds. The van der Waals surface area contributed by atoms with E-state index in [2.05, 4.69) is 22.1 Å². The van der Waals surface area contributed by atoms with Gasteiger partial charge in [0.15, 0.2) is 5.65 Å². The predicted octanol–water partition coefficient (Wildman–Crippen LogP) is 5.03. The number of nitrogens with one attached hydrogen (secondary N) is 1. The minimum Gasteiger partial charge on any atom is -0.315 e. The van der Waals surface area contributed by atoms with Gasteiger partial charge in [0, 0.05) is 31.4 Å². The van der Waals surface area contributed by atoms with Gasteiger partial charge in [-0.15, -0.1) is 0 Å². The number of hydrogen-bond donors (Lipinski definition) is 1. The summed E-state index contributed by atoms with van der Waals surface area (Å²) in [6.07, 6.45) is -1.45. The number of rotatable bonds is 4. The molecule has 1 saturated heterocycles. The lowest BCUT2D eigenvalue weighted by atomic mass is 10.1. The molecule has 0 aliphatic carbocycles. The minimum absolute atomic E-state index is 0.0000337. The van der Waals surface area contributed by atoms with Crippen LogP contribution in [0.25, 0.3) is 16.9 Å². The zero-order valence-electron chi connectivity index (χ0n) is 16.8. The Balaban J connectivity index is 1.86. The molecule has 0 spiro atoms. The Kier molecular flexibility index (Phi) is 6.04. The molecule has 30 heavy (non-hydrogen) atoms. The fourth-order valence-corrected chi connectivity index (χ4v) is 4.11. The summed E-state index contributed by atoms with van der Waals surface area (Å²) in [5, 5.41) is 3.36. The molecule has 4 rings (SSSR count). The van der Waals surface area contributed by atoms with Gasteiger partial charge in [0.2, 0.25) is 0 Å². The van der Waals surface area contributed by atoms with Crippen molar-refractivity contribution >= 4 is 17.2 Å². The second kappa shape index (κ2) is 8.57. The van der Waals surface area contributed by atoms with E-state index in [0.717, 1.165) is 62.5 Å². The van der Waals surface area contributed by atoms with E-state index in [-0.39, 0.29) is 5.02 Å². The number of pyridine rings is 1. The molecule has 0 bridgehead atoms. The fourth-order valence-electron chi connectivity index (χ4n) is 3.86. The van der Waals surface area contributed by atoms with E-state index in [1.54, 1.807) is 0 Å². The molecule has 160 valence electrons. The summed E-state index contributed by atoms with van der Waals surface area (Å²) >= 11 is 6.25. The van der Waals surface area contributed by atoms with Crippen LogP contribution in [0.2, 0.25) is 5.02 Å². The van der Waals surface area contributed by atoms with Crippen molar-refractivity contribution in [3.63, 3.8) is 0 Å². The molecule has 3 aromatic rings. The molecular formula is C22H24ClF3N4. The third-order valence-electron chi connectivity index (χ3n) is 5.54. The Morgan fingerprint density at radius 2 is 1.90 bits per heavy atom. The van der Waals surface area contributed by atoms with Gasteiger partial charge in [-0.2, -0.15) is 13.2 Å². The van der Waals surface area contributed by atoms with Crippen LogP contribution in [0.4, 0.5) is 13.2 Å². The zero-order valence-corrected chi connectivity index (χ0v) is 17.5. The lowest BCUT2D eigenvalue weighted by molar-refractivity contribution is -0.137. The van der Waals surface area contributed by atoms with Crippen LogP contribution < -0.4 is 5.32 Å². The first-order valence-electron chi connectivity index (χ1n) is 10.2. The van der Waals surface area contributed by atoms with Crippen LogP contribution in [-0.4, -0.2) is 40.5 Å². The molecule has 8 heteroatoms. The van der Waals surface area contributed by atoms with Crippen LogP contribution in [0.1, 0.15) is 30.2 Å². The van der Waals surface area contributed by atoms with Gasteiger partial charge in [-0.1, -0.05) is 42.8 Å². The predicted molar refractivity (Wildman–Crippen MR) is 113 cm³/mol.